The van der Waals surface area contributed by atoms with Gasteiger partial charge in [-0.3, -0.25) is 15.1 Å². The van der Waals surface area contributed by atoms with Gasteiger partial charge in [-0.2, -0.15) is 0 Å². The summed E-state index contributed by atoms with van der Waals surface area (Å²) in [6.07, 6.45) is 5.11. The molecule has 9 nitrogen and oxygen atoms in total. The van der Waals surface area contributed by atoms with Crippen molar-refractivity contribution in [2.75, 3.05) is 32.7 Å². The standard InChI is InChI=1S/C17H30N8O/c1-12(2)15-10-24(7-3-6-23(15)9-13-4-5-13)17(26)14-8-18-20-16(14)25-11-19-21-22-25/h11-16,18,20H,3-10H2,1-2H3. The van der Waals surface area contributed by atoms with E-state index in [0.717, 1.165) is 32.0 Å². The summed E-state index contributed by atoms with van der Waals surface area (Å²) in [5, 5.41) is 11.4. The lowest BCUT2D eigenvalue weighted by Gasteiger charge is -2.35. The number of carbonyl (C=O) groups excluding carboxylic acids is 1. The first kappa shape index (κ1) is 17.8. The van der Waals surface area contributed by atoms with Crippen LogP contribution in [0.15, 0.2) is 6.33 Å². The Labute approximate surface area is 154 Å². The van der Waals surface area contributed by atoms with Gasteiger partial charge in [0.2, 0.25) is 5.91 Å². The third-order valence-electron chi connectivity index (χ3n) is 5.94. The SMILES string of the molecule is CC(C)C1CN(C(=O)C2CNNC2n2cnnn2)CCCN1CC1CC1. The summed E-state index contributed by atoms with van der Waals surface area (Å²) in [5.74, 6) is 1.42. The van der Waals surface area contributed by atoms with Crippen LogP contribution in [0.5, 0.6) is 0 Å². The van der Waals surface area contributed by atoms with E-state index in [1.807, 2.05) is 0 Å². The third-order valence-corrected chi connectivity index (χ3v) is 5.94. The zero-order valence-electron chi connectivity index (χ0n) is 15.7. The van der Waals surface area contributed by atoms with Crippen molar-refractivity contribution >= 4 is 5.91 Å². The zero-order chi connectivity index (χ0) is 18.1. The fourth-order valence-corrected chi connectivity index (χ4v) is 4.24. The van der Waals surface area contributed by atoms with Crippen molar-refractivity contribution in [3.63, 3.8) is 0 Å². The third kappa shape index (κ3) is 3.74. The van der Waals surface area contributed by atoms with E-state index in [1.54, 1.807) is 11.0 Å². The van der Waals surface area contributed by atoms with Crippen molar-refractivity contribution in [1.29, 1.82) is 0 Å². The van der Waals surface area contributed by atoms with Crippen LogP contribution >= 0.6 is 0 Å². The molecule has 4 rings (SSSR count). The van der Waals surface area contributed by atoms with Gasteiger partial charge in [-0.15, -0.1) is 5.10 Å². The fraction of sp³-hybridized carbons (Fsp3) is 0.882. The van der Waals surface area contributed by atoms with Crippen molar-refractivity contribution in [1.82, 2.24) is 40.9 Å². The van der Waals surface area contributed by atoms with Crippen LogP contribution in [0.4, 0.5) is 0 Å². The fourth-order valence-electron chi connectivity index (χ4n) is 4.24. The lowest BCUT2D eigenvalue weighted by Crippen LogP contribution is -2.48. The molecule has 3 unspecified atom stereocenters. The Morgan fingerprint density at radius 3 is 2.85 bits per heavy atom. The van der Waals surface area contributed by atoms with Crippen LogP contribution in [0, 0.1) is 17.8 Å². The summed E-state index contributed by atoms with van der Waals surface area (Å²) in [6.45, 7) is 9.11. The Hall–Kier alpha value is -1.58. The molecule has 3 atom stereocenters. The number of aromatic nitrogens is 4. The van der Waals surface area contributed by atoms with Gasteiger partial charge in [-0.05, 0) is 41.5 Å². The Bertz CT molecular complexity index is 602. The highest BCUT2D eigenvalue weighted by Gasteiger charge is 2.40. The van der Waals surface area contributed by atoms with E-state index in [4.69, 9.17) is 0 Å². The minimum Gasteiger partial charge on any atom is -0.341 e. The molecular formula is C17H30N8O. The molecule has 1 aromatic rings. The quantitative estimate of drug-likeness (QED) is 0.754. The van der Waals surface area contributed by atoms with Crippen molar-refractivity contribution in [3.05, 3.63) is 6.33 Å². The number of hydrogen-bond donors (Lipinski definition) is 2. The van der Waals surface area contributed by atoms with Gasteiger partial charge in [0.05, 0.1) is 5.92 Å². The van der Waals surface area contributed by atoms with Crippen molar-refractivity contribution in [2.24, 2.45) is 17.8 Å². The molecule has 0 radical (unpaired) electrons. The number of tetrazole rings is 1. The number of hydrazine groups is 1. The van der Waals surface area contributed by atoms with Gasteiger partial charge in [0.1, 0.15) is 12.5 Å². The minimum atomic E-state index is -0.235. The monoisotopic (exact) mass is 362 g/mol. The number of nitrogens with zero attached hydrogens (tertiary/aromatic N) is 6. The molecule has 0 bridgehead atoms. The van der Waals surface area contributed by atoms with Crippen LogP contribution in [0.25, 0.3) is 0 Å². The zero-order valence-corrected chi connectivity index (χ0v) is 15.7. The molecule has 1 aliphatic carbocycles. The first-order valence-electron chi connectivity index (χ1n) is 9.87. The maximum absolute atomic E-state index is 13.3. The van der Waals surface area contributed by atoms with E-state index in [2.05, 4.69) is 50.0 Å². The van der Waals surface area contributed by atoms with Gasteiger partial charge >= 0.3 is 0 Å². The predicted molar refractivity (Wildman–Crippen MR) is 95.6 cm³/mol. The highest BCUT2D eigenvalue weighted by atomic mass is 16.2. The molecule has 2 aliphatic heterocycles. The number of nitrogens with one attached hydrogen (secondary N) is 2. The lowest BCUT2D eigenvalue weighted by atomic mass is 10.0. The van der Waals surface area contributed by atoms with Crippen LogP contribution in [0.2, 0.25) is 0 Å². The second-order valence-corrected chi connectivity index (χ2v) is 8.25. The molecule has 1 amide bonds. The number of carbonyl (C=O) groups is 1. The van der Waals surface area contributed by atoms with Gasteiger partial charge in [-0.1, -0.05) is 13.8 Å². The predicted octanol–water partition coefficient (Wildman–Crippen LogP) is -0.135. The van der Waals surface area contributed by atoms with Crippen molar-refractivity contribution in [2.45, 2.75) is 45.3 Å². The van der Waals surface area contributed by atoms with E-state index < -0.39 is 0 Å². The molecule has 0 aromatic carbocycles. The molecular weight excluding hydrogens is 332 g/mol. The highest BCUT2D eigenvalue weighted by Crippen LogP contribution is 2.32. The highest BCUT2D eigenvalue weighted by molar-refractivity contribution is 5.80. The van der Waals surface area contributed by atoms with Crippen LogP contribution in [-0.4, -0.2) is 74.7 Å². The Morgan fingerprint density at radius 1 is 1.31 bits per heavy atom. The number of amides is 1. The maximum atomic E-state index is 13.3. The normalized spacial score (nSPS) is 30.7. The van der Waals surface area contributed by atoms with Gasteiger partial charge in [0, 0.05) is 38.8 Å². The minimum absolute atomic E-state index is 0.193. The molecule has 1 aromatic heterocycles. The Balaban J connectivity index is 1.46. The van der Waals surface area contributed by atoms with E-state index >= 15 is 0 Å². The molecule has 0 spiro atoms. The van der Waals surface area contributed by atoms with Gasteiger partial charge in [-0.25, -0.2) is 10.1 Å². The second kappa shape index (κ2) is 7.58. The molecule has 3 fully saturated rings. The topological polar surface area (TPSA) is 91.2 Å². The maximum Gasteiger partial charge on any atom is 0.230 e. The number of hydrogen-bond acceptors (Lipinski definition) is 7. The summed E-state index contributed by atoms with van der Waals surface area (Å²) in [4.78, 5) is 18.0. The summed E-state index contributed by atoms with van der Waals surface area (Å²) >= 11 is 0. The van der Waals surface area contributed by atoms with Crippen LogP contribution in [0.3, 0.4) is 0 Å². The van der Waals surface area contributed by atoms with E-state index in [9.17, 15) is 4.79 Å². The smallest absolute Gasteiger partial charge is 0.230 e. The first-order chi connectivity index (χ1) is 12.6. The Morgan fingerprint density at radius 2 is 2.15 bits per heavy atom. The van der Waals surface area contributed by atoms with E-state index in [1.165, 1.54) is 19.4 Å². The van der Waals surface area contributed by atoms with E-state index in [0.29, 0.717) is 18.5 Å². The number of rotatable bonds is 5. The van der Waals surface area contributed by atoms with Crippen LogP contribution < -0.4 is 10.9 Å². The second-order valence-electron chi connectivity index (χ2n) is 8.25. The molecule has 3 aliphatic rings. The molecule has 3 heterocycles. The van der Waals surface area contributed by atoms with Crippen molar-refractivity contribution in [3.8, 4) is 0 Å². The lowest BCUT2D eigenvalue weighted by molar-refractivity contribution is -0.136. The molecule has 1 saturated carbocycles. The average Bonchev–Trinajstić information content (AvgIpc) is 3.11. The molecule has 26 heavy (non-hydrogen) atoms. The first-order valence-corrected chi connectivity index (χ1v) is 9.87. The summed E-state index contributed by atoms with van der Waals surface area (Å²) in [6, 6.07) is 0.441. The summed E-state index contributed by atoms with van der Waals surface area (Å²) < 4.78 is 1.62. The van der Waals surface area contributed by atoms with Crippen molar-refractivity contribution < 1.29 is 4.79 Å². The summed E-state index contributed by atoms with van der Waals surface area (Å²) in [5.41, 5.74) is 6.23. The largest absolute Gasteiger partial charge is 0.341 e. The molecule has 2 N–H and O–H groups in total. The van der Waals surface area contributed by atoms with Crippen LogP contribution in [-0.2, 0) is 4.79 Å². The van der Waals surface area contributed by atoms with E-state index in [-0.39, 0.29) is 18.0 Å². The van der Waals surface area contributed by atoms with Crippen LogP contribution in [0.1, 0.15) is 39.3 Å². The Kier molecular flexibility index (Phi) is 5.19. The molecule has 9 heteroatoms. The summed E-state index contributed by atoms with van der Waals surface area (Å²) in [7, 11) is 0. The van der Waals surface area contributed by atoms with Gasteiger partial charge < -0.3 is 4.90 Å². The molecule has 2 saturated heterocycles. The van der Waals surface area contributed by atoms with Gasteiger partial charge in [0.15, 0.2) is 0 Å². The van der Waals surface area contributed by atoms with Gasteiger partial charge in [0.25, 0.3) is 0 Å². The molecule has 144 valence electrons. The average molecular weight is 362 g/mol.